The molecule has 0 saturated heterocycles. The highest BCUT2D eigenvalue weighted by Gasteiger charge is 2.19. The average molecular weight is 730 g/mol. The number of imidazole rings is 1. The molecule has 0 spiro atoms. The van der Waals surface area contributed by atoms with Crippen molar-refractivity contribution in [1.82, 2.24) is 14.4 Å². The fourth-order valence-corrected chi connectivity index (χ4v) is 8.36. The van der Waals surface area contributed by atoms with Gasteiger partial charge in [-0.05, 0) is 81.4 Å². The van der Waals surface area contributed by atoms with Crippen molar-refractivity contribution >= 4 is 66.4 Å². The van der Waals surface area contributed by atoms with Crippen molar-refractivity contribution in [2.45, 2.75) is 12.8 Å². The molecule has 0 atom stereocenters. The molecule has 0 fully saturated rings. The monoisotopic (exact) mass is 729 g/mol. The lowest BCUT2D eigenvalue weighted by molar-refractivity contribution is 1.09. The van der Waals surface area contributed by atoms with Gasteiger partial charge in [0, 0.05) is 28.3 Å². The zero-order chi connectivity index (χ0) is 37.7. The van der Waals surface area contributed by atoms with Gasteiger partial charge in [0.05, 0.1) is 28.1 Å². The van der Waals surface area contributed by atoms with E-state index in [9.17, 15) is 0 Å². The molecule has 1 aliphatic heterocycles. The van der Waals surface area contributed by atoms with E-state index >= 15 is 0 Å². The molecule has 7 aromatic carbocycles. The number of hydrogen-bond donors (Lipinski definition) is 0. The number of pyridine rings is 2. The Balaban J connectivity index is 1.04. The molecule has 0 unspecified atom stereocenters. The number of fused-ring (bicyclic) bond motifs is 7. The number of rotatable bonds is 5. The number of nitrogens with zero attached hydrogens (tertiary/aromatic N) is 5. The lowest BCUT2D eigenvalue weighted by Gasteiger charge is -2.16. The van der Waals surface area contributed by atoms with Crippen molar-refractivity contribution in [3.8, 4) is 22.4 Å². The second-order valence-electron chi connectivity index (χ2n) is 14.6. The van der Waals surface area contributed by atoms with Crippen LogP contribution >= 0.6 is 0 Å². The highest BCUT2D eigenvalue weighted by molar-refractivity contribution is 6.19. The summed E-state index contributed by atoms with van der Waals surface area (Å²) in [5.74, 6) is 0.715. The van der Waals surface area contributed by atoms with Crippen molar-refractivity contribution < 1.29 is 0 Å². The van der Waals surface area contributed by atoms with Gasteiger partial charge in [-0.3, -0.25) is 4.40 Å². The minimum atomic E-state index is 0.715. The van der Waals surface area contributed by atoms with Crippen LogP contribution in [0.15, 0.2) is 198 Å². The van der Waals surface area contributed by atoms with Gasteiger partial charge in [0.25, 0.3) is 0 Å². The summed E-state index contributed by atoms with van der Waals surface area (Å²) in [6.45, 7) is 0. The predicted octanol–water partition coefficient (Wildman–Crippen LogP) is 12.7. The Kier molecular flexibility index (Phi) is 7.88. The molecular formula is C52H35N5. The molecular weight excluding hydrogens is 695 g/mol. The third-order valence-electron chi connectivity index (χ3n) is 11.1. The first-order valence-corrected chi connectivity index (χ1v) is 19.4. The van der Waals surface area contributed by atoms with E-state index in [1.165, 1.54) is 10.8 Å². The van der Waals surface area contributed by atoms with Crippen LogP contribution in [0.3, 0.4) is 0 Å². The summed E-state index contributed by atoms with van der Waals surface area (Å²) in [6.07, 6.45) is 5.94. The third kappa shape index (κ3) is 5.80. The van der Waals surface area contributed by atoms with Crippen molar-refractivity contribution in [3.63, 3.8) is 0 Å². The van der Waals surface area contributed by atoms with E-state index in [4.69, 9.17) is 20.0 Å². The van der Waals surface area contributed by atoms with Gasteiger partial charge in [0.1, 0.15) is 11.2 Å². The maximum absolute atomic E-state index is 5.47. The molecule has 268 valence electrons. The number of para-hydroxylation sites is 1. The van der Waals surface area contributed by atoms with Gasteiger partial charge in [-0.15, -0.1) is 0 Å². The Morgan fingerprint density at radius 2 is 1.09 bits per heavy atom. The molecule has 5 heteroatoms. The van der Waals surface area contributed by atoms with Crippen LogP contribution in [0.25, 0.3) is 77.2 Å². The number of hydrogen-bond acceptors (Lipinski definition) is 4. The Morgan fingerprint density at radius 3 is 1.89 bits per heavy atom. The summed E-state index contributed by atoms with van der Waals surface area (Å²) >= 11 is 0. The molecule has 0 aliphatic carbocycles. The highest BCUT2D eigenvalue weighted by Crippen LogP contribution is 2.36. The van der Waals surface area contributed by atoms with Gasteiger partial charge >= 0.3 is 0 Å². The lowest BCUT2D eigenvalue weighted by atomic mass is 9.95. The first kappa shape index (κ1) is 32.9. The van der Waals surface area contributed by atoms with Crippen LogP contribution < -0.4 is 0 Å². The average Bonchev–Trinajstić information content (AvgIpc) is 3.66. The van der Waals surface area contributed by atoms with E-state index < -0.39 is 0 Å². The van der Waals surface area contributed by atoms with Gasteiger partial charge in [-0.1, -0.05) is 152 Å². The Bertz CT molecular complexity index is 3300. The Labute approximate surface area is 329 Å². The van der Waals surface area contributed by atoms with Gasteiger partial charge < -0.3 is 0 Å². The quantitative estimate of drug-likeness (QED) is 0.177. The molecule has 4 heterocycles. The van der Waals surface area contributed by atoms with Crippen LogP contribution in [0.2, 0.25) is 0 Å². The number of aromatic nitrogens is 3. The van der Waals surface area contributed by atoms with Crippen LogP contribution in [0.4, 0.5) is 0 Å². The third-order valence-corrected chi connectivity index (χ3v) is 11.1. The van der Waals surface area contributed by atoms with E-state index in [1.807, 2.05) is 18.2 Å². The van der Waals surface area contributed by atoms with Gasteiger partial charge in [0.15, 0.2) is 5.84 Å². The zero-order valence-corrected chi connectivity index (χ0v) is 31.0. The molecule has 0 radical (unpaired) electrons. The van der Waals surface area contributed by atoms with E-state index in [0.29, 0.717) is 5.84 Å². The fraction of sp³-hybridized carbons (Fsp3) is 0.0385. The van der Waals surface area contributed by atoms with Gasteiger partial charge in [0.2, 0.25) is 0 Å². The fourth-order valence-electron chi connectivity index (χ4n) is 8.36. The summed E-state index contributed by atoms with van der Waals surface area (Å²) < 4.78 is 2.15. The van der Waals surface area contributed by atoms with Crippen LogP contribution in [0.1, 0.15) is 29.5 Å². The number of benzene rings is 7. The van der Waals surface area contributed by atoms with Crippen LogP contribution in [-0.4, -0.2) is 25.9 Å². The first-order valence-electron chi connectivity index (χ1n) is 19.4. The summed E-state index contributed by atoms with van der Waals surface area (Å²) in [5.41, 5.74) is 13.2. The SMILES string of the molecule is C1=C(c2cccc3ccccc23)N=C(c2cccc3ccccc23)N=C(c2cccc(-c3cccc(-c4nc5ccccc5c5nc6ccccn6c45)c3)c2)CC1. The second kappa shape index (κ2) is 13.7. The first-order chi connectivity index (χ1) is 28.2. The molecule has 0 amide bonds. The zero-order valence-electron chi connectivity index (χ0n) is 31.0. The van der Waals surface area contributed by atoms with E-state index in [-0.39, 0.29) is 0 Å². The largest absolute Gasteiger partial charge is 0.298 e. The molecule has 3 aromatic heterocycles. The maximum atomic E-state index is 5.47. The van der Waals surface area contributed by atoms with Crippen LogP contribution in [-0.2, 0) is 0 Å². The van der Waals surface area contributed by atoms with Crippen molar-refractivity contribution in [3.05, 3.63) is 205 Å². The van der Waals surface area contributed by atoms with Gasteiger partial charge in [-0.2, -0.15) is 0 Å². The van der Waals surface area contributed by atoms with Crippen molar-refractivity contribution in [1.29, 1.82) is 0 Å². The van der Waals surface area contributed by atoms with E-state index in [0.717, 1.165) is 102 Å². The molecule has 5 nitrogen and oxygen atoms in total. The Hall–Kier alpha value is -7.50. The Morgan fingerprint density at radius 1 is 0.474 bits per heavy atom. The van der Waals surface area contributed by atoms with Crippen LogP contribution in [0, 0.1) is 0 Å². The van der Waals surface area contributed by atoms with Crippen molar-refractivity contribution in [2.75, 3.05) is 0 Å². The molecule has 1 aliphatic rings. The van der Waals surface area contributed by atoms with Crippen LogP contribution in [0.5, 0.6) is 0 Å². The summed E-state index contributed by atoms with van der Waals surface area (Å²) in [7, 11) is 0. The highest BCUT2D eigenvalue weighted by atomic mass is 15.0. The topological polar surface area (TPSA) is 54.9 Å². The molecule has 0 N–H and O–H groups in total. The molecule has 0 bridgehead atoms. The van der Waals surface area contributed by atoms with E-state index in [2.05, 4.69) is 174 Å². The van der Waals surface area contributed by atoms with Gasteiger partial charge in [-0.25, -0.2) is 20.0 Å². The molecule has 57 heavy (non-hydrogen) atoms. The van der Waals surface area contributed by atoms with Crippen molar-refractivity contribution in [2.24, 2.45) is 9.98 Å². The number of amidine groups is 1. The standard InChI is InChI=1S/C52H35N5/c1-3-22-40-34(14-1)16-11-25-42(40)46-29-13-28-45(54-52(55-46)43-26-12-17-35-15-2-4-23-41(35)43)38-20-9-18-36(32-38)37-19-10-21-39(33-37)49-51-50(44-24-5-6-27-47(44)53-49)56-48-30-7-8-31-57(48)51/h1-12,14-27,29-33H,13,28H2. The summed E-state index contributed by atoms with van der Waals surface area (Å²) in [4.78, 5) is 21.2. The molecule has 11 rings (SSSR count). The smallest absolute Gasteiger partial charge is 0.160 e. The lowest BCUT2D eigenvalue weighted by Crippen LogP contribution is -2.10. The minimum Gasteiger partial charge on any atom is -0.298 e. The number of allylic oxidation sites excluding steroid dienone is 1. The predicted molar refractivity (Wildman–Crippen MR) is 237 cm³/mol. The molecule has 0 saturated carbocycles. The van der Waals surface area contributed by atoms with E-state index in [1.54, 1.807) is 0 Å². The maximum Gasteiger partial charge on any atom is 0.160 e. The normalized spacial score (nSPS) is 13.4. The molecule has 10 aromatic rings. The summed E-state index contributed by atoms with van der Waals surface area (Å²) in [5, 5.41) is 5.73. The summed E-state index contributed by atoms with van der Waals surface area (Å²) in [6, 6.07) is 61.8. The number of aliphatic imine (C=N–C) groups is 2. The minimum absolute atomic E-state index is 0.715. The second-order valence-corrected chi connectivity index (χ2v) is 14.6.